The first-order chi connectivity index (χ1) is 7.39. The van der Waals surface area contributed by atoms with Gasteiger partial charge in [-0.2, -0.15) is 0 Å². The van der Waals surface area contributed by atoms with Crippen molar-refractivity contribution >= 4 is 5.97 Å². The van der Waals surface area contributed by atoms with Crippen LogP contribution in [0.15, 0.2) is 24.3 Å². The fraction of sp³-hybridized carbons (Fsp3) is 0.462. The first-order valence-corrected chi connectivity index (χ1v) is 5.35. The fourth-order valence-electron chi connectivity index (χ4n) is 1.31. The molecule has 0 spiro atoms. The molecule has 0 saturated heterocycles. The zero-order valence-electron chi connectivity index (χ0n) is 9.99. The summed E-state index contributed by atoms with van der Waals surface area (Å²) >= 11 is 0. The third kappa shape index (κ3) is 3.93. The minimum Gasteiger partial charge on any atom is -0.493 e. The van der Waals surface area contributed by atoms with Crippen LogP contribution in [0.5, 0.6) is 5.75 Å². The van der Waals surface area contributed by atoms with Crippen molar-refractivity contribution in [2.75, 3.05) is 6.61 Å². The van der Waals surface area contributed by atoms with E-state index in [-0.39, 0.29) is 18.4 Å². The molecule has 88 valence electrons. The Labute approximate surface area is 96.1 Å². The average molecular weight is 222 g/mol. The second-order valence-corrected chi connectivity index (χ2v) is 4.77. The largest absolute Gasteiger partial charge is 0.493 e. The molecule has 1 N–H and O–H groups in total. The van der Waals surface area contributed by atoms with E-state index in [9.17, 15) is 4.79 Å². The SMILES string of the molecule is CC(C)(C)c1cccc(OCCC(=O)O)c1. The summed E-state index contributed by atoms with van der Waals surface area (Å²) in [5.41, 5.74) is 1.26. The lowest BCUT2D eigenvalue weighted by molar-refractivity contribution is -0.137. The van der Waals surface area contributed by atoms with Crippen LogP contribution < -0.4 is 4.74 Å². The topological polar surface area (TPSA) is 46.5 Å². The second kappa shape index (κ2) is 5.01. The van der Waals surface area contributed by atoms with Crippen molar-refractivity contribution in [3.05, 3.63) is 29.8 Å². The number of carboxylic acid groups (broad SMARTS) is 1. The van der Waals surface area contributed by atoms with Crippen LogP contribution in [0.25, 0.3) is 0 Å². The number of carboxylic acids is 1. The summed E-state index contributed by atoms with van der Waals surface area (Å²) in [5, 5.41) is 8.50. The van der Waals surface area contributed by atoms with E-state index >= 15 is 0 Å². The Balaban J connectivity index is 2.64. The summed E-state index contributed by atoms with van der Waals surface area (Å²) < 4.78 is 5.37. The molecule has 0 atom stereocenters. The van der Waals surface area contributed by atoms with Crippen LogP contribution in [0.2, 0.25) is 0 Å². The van der Waals surface area contributed by atoms with Gasteiger partial charge in [0.05, 0.1) is 13.0 Å². The Morgan fingerprint density at radius 3 is 2.62 bits per heavy atom. The molecule has 3 heteroatoms. The van der Waals surface area contributed by atoms with Gasteiger partial charge in [0.25, 0.3) is 0 Å². The molecule has 3 nitrogen and oxygen atoms in total. The van der Waals surface area contributed by atoms with Crippen LogP contribution in [0, 0.1) is 0 Å². The van der Waals surface area contributed by atoms with Crippen LogP contribution >= 0.6 is 0 Å². The Morgan fingerprint density at radius 1 is 1.38 bits per heavy atom. The van der Waals surface area contributed by atoms with Crippen molar-refractivity contribution in [1.82, 2.24) is 0 Å². The van der Waals surface area contributed by atoms with Crippen molar-refractivity contribution in [2.45, 2.75) is 32.6 Å². The summed E-state index contributed by atoms with van der Waals surface area (Å²) in [4.78, 5) is 10.3. The quantitative estimate of drug-likeness (QED) is 0.852. The normalized spacial score (nSPS) is 11.2. The highest BCUT2D eigenvalue weighted by atomic mass is 16.5. The van der Waals surface area contributed by atoms with E-state index in [2.05, 4.69) is 20.8 Å². The lowest BCUT2D eigenvalue weighted by atomic mass is 9.87. The summed E-state index contributed by atoms with van der Waals surface area (Å²) in [6.07, 6.45) is 0.0275. The molecule has 0 heterocycles. The van der Waals surface area contributed by atoms with Gasteiger partial charge in [0, 0.05) is 0 Å². The molecule has 0 saturated carbocycles. The molecular formula is C13H18O3. The predicted molar refractivity (Wildman–Crippen MR) is 62.9 cm³/mol. The van der Waals surface area contributed by atoms with Gasteiger partial charge in [-0.25, -0.2) is 0 Å². The smallest absolute Gasteiger partial charge is 0.306 e. The highest BCUT2D eigenvalue weighted by Crippen LogP contribution is 2.25. The Kier molecular flexibility index (Phi) is 3.93. The maximum Gasteiger partial charge on any atom is 0.306 e. The van der Waals surface area contributed by atoms with Crippen LogP contribution in [0.1, 0.15) is 32.8 Å². The van der Waals surface area contributed by atoms with E-state index in [1.165, 1.54) is 5.56 Å². The maximum absolute atomic E-state index is 10.3. The summed E-state index contributed by atoms with van der Waals surface area (Å²) in [7, 11) is 0. The van der Waals surface area contributed by atoms with E-state index in [4.69, 9.17) is 9.84 Å². The number of hydrogen-bond donors (Lipinski definition) is 1. The molecule has 0 fully saturated rings. The minimum atomic E-state index is -0.841. The molecule has 0 bridgehead atoms. The Hall–Kier alpha value is -1.51. The number of rotatable bonds is 4. The number of aliphatic carboxylic acids is 1. The summed E-state index contributed by atoms with van der Waals surface area (Å²) in [6, 6.07) is 7.78. The third-order valence-electron chi connectivity index (χ3n) is 2.28. The van der Waals surface area contributed by atoms with Gasteiger partial charge in [-0.15, -0.1) is 0 Å². The molecule has 0 unspecified atom stereocenters. The van der Waals surface area contributed by atoms with Gasteiger partial charge in [0.2, 0.25) is 0 Å². The molecule has 1 rings (SSSR count). The molecule has 0 aliphatic carbocycles. The van der Waals surface area contributed by atoms with Gasteiger partial charge in [0.15, 0.2) is 0 Å². The first kappa shape index (κ1) is 12.6. The standard InChI is InChI=1S/C13H18O3/c1-13(2,3)10-5-4-6-11(9-10)16-8-7-12(14)15/h4-6,9H,7-8H2,1-3H3,(H,14,15). The van der Waals surface area contributed by atoms with Crippen molar-refractivity contribution in [3.8, 4) is 5.75 Å². The molecule has 0 radical (unpaired) electrons. The average Bonchev–Trinajstić information content (AvgIpc) is 2.16. The molecule has 0 aliphatic rings. The molecular weight excluding hydrogens is 204 g/mol. The number of carbonyl (C=O) groups is 1. The summed E-state index contributed by atoms with van der Waals surface area (Å²) in [6.45, 7) is 6.60. The van der Waals surface area contributed by atoms with Crippen molar-refractivity contribution in [3.63, 3.8) is 0 Å². The maximum atomic E-state index is 10.3. The van der Waals surface area contributed by atoms with E-state index in [0.29, 0.717) is 0 Å². The van der Waals surface area contributed by atoms with Crippen molar-refractivity contribution in [1.29, 1.82) is 0 Å². The zero-order chi connectivity index (χ0) is 12.2. The number of ether oxygens (including phenoxy) is 1. The van der Waals surface area contributed by atoms with Crippen LogP contribution in [0.3, 0.4) is 0 Å². The monoisotopic (exact) mass is 222 g/mol. The molecule has 0 amide bonds. The Bertz CT molecular complexity index is 364. The van der Waals surface area contributed by atoms with E-state index < -0.39 is 5.97 Å². The fourth-order valence-corrected chi connectivity index (χ4v) is 1.31. The number of benzene rings is 1. The Morgan fingerprint density at radius 2 is 2.06 bits per heavy atom. The van der Waals surface area contributed by atoms with Gasteiger partial charge in [-0.05, 0) is 23.1 Å². The van der Waals surface area contributed by atoms with Crippen LogP contribution in [-0.2, 0) is 10.2 Å². The van der Waals surface area contributed by atoms with Crippen molar-refractivity contribution in [2.24, 2.45) is 0 Å². The highest BCUT2D eigenvalue weighted by Gasteiger charge is 2.13. The van der Waals surface area contributed by atoms with Gasteiger partial charge in [-0.1, -0.05) is 32.9 Å². The lowest BCUT2D eigenvalue weighted by Crippen LogP contribution is -2.11. The first-order valence-electron chi connectivity index (χ1n) is 5.35. The molecule has 0 aliphatic heterocycles. The molecule has 0 aromatic heterocycles. The van der Waals surface area contributed by atoms with E-state index in [1.54, 1.807) is 0 Å². The molecule has 1 aromatic carbocycles. The lowest BCUT2D eigenvalue weighted by Gasteiger charge is -2.19. The predicted octanol–water partition coefficient (Wildman–Crippen LogP) is 2.84. The van der Waals surface area contributed by atoms with E-state index in [0.717, 1.165) is 5.75 Å². The van der Waals surface area contributed by atoms with E-state index in [1.807, 2.05) is 24.3 Å². The summed E-state index contributed by atoms with van der Waals surface area (Å²) in [5.74, 6) is -0.111. The minimum absolute atomic E-state index is 0.0275. The van der Waals surface area contributed by atoms with Gasteiger partial charge in [-0.3, -0.25) is 4.79 Å². The second-order valence-electron chi connectivity index (χ2n) is 4.77. The van der Waals surface area contributed by atoms with Gasteiger partial charge >= 0.3 is 5.97 Å². The highest BCUT2D eigenvalue weighted by molar-refractivity contribution is 5.66. The molecule has 1 aromatic rings. The van der Waals surface area contributed by atoms with Crippen molar-refractivity contribution < 1.29 is 14.6 Å². The van der Waals surface area contributed by atoms with Crippen LogP contribution in [-0.4, -0.2) is 17.7 Å². The number of hydrogen-bond acceptors (Lipinski definition) is 2. The van der Waals surface area contributed by atoms with Gasteiger partial charge < -0.3 is 9.84 Å². The van der Waals surface area contributed by atoms with Gasteiger partial charge in [0.1, 0.15) is 5.75 Å². The zero-order valence-corrected chi connectivity index (χ0v) is 9.99. The van der Waals surface area contributed by atoms with Crippen LogP contribution in [0.4, 0.5) is 0 Å². The third-order valence-corrected chi connectivity index (χ3v) is 2.28. The molecule has 16 heavy (non-hydrogen) atoms.